The normalized spacial score (nSPS) is 17.0. The molecule has 0 aliphatic carbocycles. The van der Waals surface area contributed by atoms with Gasteiger partial charge in [-0.05, 0) is 38.8 Å². The van der Waals surface area contributed by atoms with Crippen LogP contribution in [0.3, 0.4) is 0 Å². The first-order chi connectivity index (χ1) is 11.1. The summed E-state index contributed by atoms with van der Waals surface area (Å²) in [5.41, 5.74) is 0.612. The SMILES string of the molecule is CCN(CC)C(=O)[C@H]1CCCN1C(=O)Nc1ccccc1OC. The summed E-state index contributed by atoms with van der Waals surface area (Å²) in [4.78, 5) is 28.6. The number of likely N-dealkylation sites (tertiary alicyclic amines) is 1. The van der Waals surface area contributed by atoms with Crippen molar-refractivity contribution in [2.75, 3.05) is 32.1 Å². The number of likely N-dealkylation sites (N-methyl/N-ethyl adjacent to an activating group) is 1. The number of benzene rings is 1. The number of hydrogen-bond donors (Lipinski definition) is 1. The van der Waals surface area contributed by atoms with E-state index in [1.807, 2.05) is 26.0 Å². The Morgan fingerprint density at radius 3 is 2.65 bits per heavy atom. The van der Waals surface area contributed by atoms with Gasteiger partial charge in [0.2, 0.25) is 5.91 Å². The van der Waals surface area contributed by atoms with E-state index in [-0.39, 0.29) is 18.0 Å². The van der Waals surface area contributed by atoms with E-state index in [1.54, 1.807) is 29.0 Å². The number of para-hydroxylation sites is 2. The van der Waals surface area contributed by atoms with Crippen molar-refractivity contribution in [3.05, 3.63) is 24.3 Å². The second-order valence-corrected chi connectivity index (χ2v) is 5.49. The lowest BCUT2D eigenvalue weighted by Crippen LogP contribution is -2.49. The van der Waals surface area contributed by atoms with E-state index in [0.717, 1.165) is 6.42 Å². The summed E-state index contributed by atoms with van der Waals surface area (Å²) in [6.07, 6.45) is 1.56. The number of nitrogens with zero attached hydrogens (tertiary/aromatic N) is 2. The number of methoxy groups -OCH3 is 1. The molecule has 0 unspecified atom stereocenters. The fraction of sp³-hybridized carbons (Fsp3) is 0.529. The average molecular weight is 319 g/mol. The molecule has 3 amide bonds. The Bertz CT molecular complexity index is 558. The standard InChI is InChI=1S/C17H25N3O3/c1-4-19(5-2)16(21)14-10-8-12-20(14)17(22)18-13-9-6-7-11-15(13)23-3/h6-7,9,11,14H,4-5,8,10,12H2,1-3H3,(H,18,22)/t14-/m1/s1. The van der Waals surface area contributed by atoms with Crippen molar-refractivity contribution in [2.45, 2.75) is 32.7 Å². The lowest BCUT2D eigenvalue weighted by atomic mass is 10.2. The van der Waals surface area contributed by atoms with Crippen molar-refractivity contribution in [2.24, 2.45) is 0 Å². The van der Waals surface area contributed by atoms with Crippen LogP contribution in [0.25, 0.3) is 0 Å². The van der Waals surface area contributed by atoms with Gasteiger partial charge in [0.15, 0.2) is 0 Å². The van der Waals surface area contributed by atoms with E-state index in [2.05, 4.69) is 5.32 Å². The first kappa shape index (κ1) is 17.1. The molecule has 6 nitrogen and oxygen atoms in total. The molecular formula is C17H25N3O3. The molecule has 2 rings (SSSR count). The Morgan fingerprint density at radius 1 is 1.30 bits per heavy atom. The van der Waals surface area contributed by atoms with Crippen LogP contribution in [-0.4, -0.2) is 54.5 Å². The Labute approximate surface area is 137 Å². The van der Waals surface area contributed by atoms with Gasteiger partial charge in [0, 0.05) is 19.6 Å². The van der Waals surface area contributed by atoms with E-state index in [4.69, 9.17) is 4.74 Å². The lowest BCUT2D eigenvalue weighted by molar-refractivity contribution is -0.134. The molecule has 1 aliphatic rings. The highest BCUT2D eigenvalue weighted by molar-refractivity contribution is 5.95. The van der Waals surface area contributed by atoms with Crippen LogP contribution >= 0.6 is 0 Å². The molecule has 0 radical (unpaired) electrons. The van der Waals surface area contributed by atoms with E-state index in [9.17, 15) is 9.59 Å². The van der Waals surface area contributed by atoms with Crippen LogP contribution in [0.1, 0.15) is 26.7 Å². The van der Waals surface area contributed by atoms with Gasteiger partial charge in [-0.2, -0.15) is 0 Å². The Balaban J connectivity index is 2.10. The van der Waals surface area contributed by atoms with E-state index in [0.29, 0.717) is 37.5 Å². The van der Waals surface area contributed by atoms with Crippen LogP contribution in [0.5, 0.6) is 5.75 Å². The topological polar surface area (TPSA) is 61.9 Å². The molecule has 6 heteroatoms. The van der Waals surface area contributed by atoms with Gasteiger partial charge in [-0.25, -0.2) is 4.79 Å². The number of urea groups is 1. The Hall–Kier alpha value is -2.24. The fourth-order valence-corrected chi connectivity index (χ4v) is 2.95. The van der Waals surface area contributed by atoms with Crippen LogP contribution in [-0.2, 0) is 4.79 Å². The molecule has 0 spiro atoms. The largest absolute Gasteiger partial charge is 0.495 e. The summed E-state index contributed by atoms with van der Waals surface area (Å²) >= 11 is 0. The van der Waals surface area contributed by atoms with Crippen molar-refractivity contribution in [3.8, 4) is 5.75 Å². The third-order valence-corrected chi connectivity index (χ3v) is 4.22. The van der Waals surface area contributed by atoms with Gasteiger partial charge in [-0.1, -0.05) is 12.1 Å². The summed E-state index contributed by atoms with van der Waals surface area (Å²) in [7, 11) is 1.56. The predicted molar refractivity (Wildman–Crippen MR) is 89.7 cm³/mol. The van der Waals surface area contributed by atoms with Crippen molar-refractivity contribution in [1.29, 1.82) is 0 Å². The highest BCUT2D eigenvalue weighted by Gasteiger charge is 2.36. The van der Waals surface area contributed by atoms with Gasteiger partial charge < -0.3 is 19.9 Å². The quantitative estimate of drug-likeness (QED) is 0.907. The number of carbonyl (C=O) groups is 2. The number of amides is 3. The first-order valence-corrected chi connectivity index (χ1v) is 8.11. The molecule has 1 saturated heterocycles. The summed E-state index contributed by atoms with van der Waals surface area (Å²) in [6.45, 7) is 5.82. The van der Waals surface area contributed by atoms with E-state index >= 15 is 0 Å². The van der Waals surface area contributed by atoms with Gasteiger partial charge in [0.05, 0.1) is 12.8 Å². The zero-order chi connectivity index (χ0) is 16.8. The molecule has 1 aromatic rings. The third kappa shape index (κ3) is 3.75. The number of carbonyl (C=O) groups excluding carboxylic acids is 2. The summed E-state index contributed by atoms with van der Waals surface area (Å²) < 4.78 is 5.25. The maximum Gasteiger partial charge on any atom is 0.322 e. The average Bonchev–Trinajstić information content (AvgIpc) is 3.06. The molecule has 0 saturated carbocycles. The molecule has 126 valence electrons. The number of anilines is 1. The number of nitrogens with one attached hydrogen (secondary N) is 1. The maximum atomic E-state index is 12.6. The Kier molecular flexibility index (Phi) is 5.84. The van der Waals surface area contributed by atoms with Gasteiger partial charge in [-0.3, -0.25) is 4.79 Å². The van der Waals surface area contributed by atoms with Gasteiger partial charge in [0.1, 0.15) is 11.8 Å². The summed E-state index contributed by atoms with van der Waals surface area (Å²) in [5.74, 6) is 0.634. The molecule has 1 atom stereocenters. The van der Waals surface area contributed by atoms with Crippen molar-refractivity contribution >= 4 is 17.6 Å². The summed E-state index contributed by atoms with van der Waals surface area (Å²) in [5, 5.41) is 2.85. The fourth-order valence-electron chi connectivity index (χ4n) is 2.95. The third-order valence-electron chi connectivity index (χ3n) is 4.22. The first-order valence-electron chi connectivity index (χ1n) is 8.11. The molecule has 1 fully saturated rings. The van der Waals surface area contributed by atoms with Crippen LogP contribution in [0, 0.1) is 0 Å². The number of ether oxygens (including phenoxy) is 1. The van der Waals surface area contributed by atoms with Crippen molar-refractivity contribution < 1.29 is 14.3 Å². The van der Waals surface area contributed by atoms with E-state index in [1.165, 1.54) is 0 Å². The minimum atomic E-state index is -0.371. The highest BCUT2D eigenvalue weighted by atomic mass is 16.5. The lowest BCUT2D eigenvalue weighted by Gasteiger charge is -2.29. The smallest absolute Gasteiger partial charge is 0.322 e. The van der Waals surface area contributed by atoms with Crippen LogP contribution in [0.2, 0.25) is 0 Å². The molecule has 23 heavy (non-hydrogen) atoms. The number of hydrogen-bond acceptors (Lipinski definition) is 3. The highest BCUT2D eigenvalue weighted by Crippen LogP contribution is 2.25. The number of rotatable bonds is 5. The van der Waals surface area contributed by atoms with Crippen LogP contribution in [0.15, 0.2) is 24.3 Å². The molecule has 1 aromatic carbocycles. The molecule has 0 aromatic heterocycles. The second-order valence-electron chi connectivity index (χ2n) is 5.49. The van der Waals surface area contributed by atoms with Gasteiger partial charge in [0.25, 0.3) is 0 Å². The van der Waals surface area contributed by atoms with Crippen LogP contribution < -0.4 is 10.1 Å². The molecule has 0 bridgehead atoms. The molecule has 1 aliphatic heterocycles. The monoisotopic (exact) mass is 319 g/mol. The van der Waals surface area contributed by atoms with E-state index < -0.39 is 0 Å². The summed E-state index contributed by atoms with van der Waals surface area (Å²) in [6, 6.07) is 6.63. The van der Waals surface area contributed by atoms with Crippen LogP contribution in [0.4, 0.5) is 10.5 Å². The zero-order valence-corrected chi connectivity index (χ0v) is 14.0. The minimum absolute atomic E-state index is 0.0303. The minimum Gasteiger partial charge on any atom is -0.495 e. The second kappa shape index (κ2) is 7.85. The predicted octanol–water partition coefficient (Wildman–Crippen LogP) is 2.56. The zero-order valence-electron chi connectivity index (χ0n) is 14.0. The molecular weight excluding hydrogens is 294 g/mol. The van der Waals surface area contributed by atoms with Crippen molar-refractivity contribution in [1.82, 2.24) is 9.80 Å². The molecule has 1 N–H and O–H groups in total. The van der Waals surface area contributed by atoms with Crippen molar-refractivity contribution in [3.63, 3.8) is 0 Å². The maximum absolute atomic E-state index is 12.6. The van der Waals surface area contributed by atoms with Gasteiger partial charge >= 0.3 is 6.03 Å². The molecule has 1 heterocycles. The van der Waals surface area contributed by atoms with Gasteiger partial charge in [-0.15, -0.1) is 0 Å². The Morgan fingerprint density at radius 2 is 2.00 bits per heavy atom.